The number of methoxy groups -OCH3 is 1. The SMILES string of the molecule is CCn1c(SCC(=O)N2CCC(OC)CC2)nnc1-c1cccc(C)c1. The van der Waals surface area contributed by atoms with Gasteiger partial charge < -0.3 is 14.2 Å². The molecule has 2 aromatic rings. The zero-order chi connectivity index (χ0) is 18.5. The van der Waals surface area contributed by atoms with Crippen molar-refractivity contribution in [3.05, 3.63) is 29.8 Å². The molecule has 1 aliphatic heterocycles. The molecule has 0 unspecified atom stereocenters. The molecule has 140 valence electrons. The average molecular weight is 375 g/mol. The van der Waals surface area contributed by atoms with E-state index in [-0.39, 0.29) is 12.0 Å². The lowest BCUT2D eigenvalue weighted by Gasteiger charge is -2.31. The van der Waals surface area contributed by atoms with Crippen LogP contribution in [0.3, 0.4) is 0 Å². The average Bonchev–Trinajstić information content (AvgIpc) is 3.09. The minimum Gasteiger partial charge on any atom is -0.381 e. The molecule has 6 nitrogen and oxygen atoms in total. The van der Waals surface area contributed by atoms with E-state index in [0.29, 0.717) is 5.75 Å². The van der Waals surface area contributed by atoms with Gasteiger partial charge >= 0.3 is 0 Å². The molecule has 1 aliphatic rings. The molecular weight excluding hydrogens is 348 g/mol. The van der Waals surface area contributed by atoms with E-state index in [1.807, 2.05) is 17.0 Å². The number of hydrogen-bond donors (Lipinski definition) is 0. The predicted octanol–water partition coefficient (Wildman–Crippen LogP) is 3.00. The van der Waals surface area contributed by atoms with Gasteiger partial charge in [-0.25, -0.2) is 0 Å². The van der Waals surface area contributed by atoms with Crippen LogP contribution >= 0.6 is 11.8 Å². The van der Waals surface area contributed by atoms with Crippen molar-refractivity contribution < 1.29 is 9.53 Å². The Hall–Kier alpha value is -1.86. The molecule has 0 radical (unpaired) electrons. The van der Waals surface area contributed by atoms with Crippen molar-refractivity contribution in [1.82, 2.24) is 19.7 Å². The van der Waals surface area contributed by atoms with Crippen LogP contribution in [0.25, 0.3) is 11.4 Å². The molecule has 7 heteroatoms. The number of rotatable bonds is 6. The van der Waals surface area contributed by atoms with Crippen LogP contribution in [0.1, 0.15) is 25.3 Å². The largest absolute Gasteiger partial charge is 0.381 e. The quantitative estimate of drug-likeness (QED) is 0.728. The van der Waals surface area contributed by atoms with E-state index in [1.165, 1.54) is 17.3 Å². The molecule has 26 heavy (non-hydrogen) atoms. The first kappa shape index (κ1) is 18.9. The standard InChI is InChI=1S/C19H26N4O2S/c1-4-23-18(15-7-5-6-14(2)12-15)20-21-19(23)26-13-17(24)22-10-8-16(25-3)9-11-22/h5-7,12,16H,4,8-11,13H2,1-3H3. The molecule has 0 N–H and O–H groups in total. The second-order valence-electron chi connectivity index (χ2n) is 6.52. The third-order valence-corrected chi connectivity index (χ3v) is 5.71. The lowest BCUT2D eigenvalue weighted by Crippen LogP contribution is -2.41. The highest BCUT2D eigenvalue weighted by molar-refractivity contribution is 7.99. The Morgan fingerprint density at radius 3 is 2.73 bits per heavy atom. The number of aryl methyl sites for hydroxylation is 1. The molecule has 1 amide bonds. The molecular formula is C19H26N4O2S. The highest BCUT2D eigenvalue weighted by Crippen LogP contribution is 2.25. The van der Waals surface area contributed by atoms with Crippen molar-refractivity contribution in [3.63, 3.8) is 0 Å². The van der Waals surface area contributed by atoms with Crippen LogP contribution in [0.2, 0.25) is 0 Å². The molecule has 1 aromatic heterocycles. The van der Waals surface area contributed by atoms with Gasteiger partial charge in [0.2, 0.25) is 5.91 Å². The Balaban J connectivity index is 1.64. The monoisotopic (exact) mass is 374 g/mol. The highest BCUT2D eigenvalue weighted by Gasteiger charge is 2.23. The van der Waals surface area contributed by atoms with Gasteiger partial charge in [-0.15, -0.1) is 10.2 Å². The number of carbonyl (C=O) groups excluding carboxylic acids is 1. The van der Waals surface area contributed by atoms with Crippen LogP contribution in [-0.2, 0) is 16.1 Å². The van der Waals surface area contributed by atoms with E-state index < -0.39 is 0 Å². The molecule has 0 saturated carbocycles. The number of benzene rings is 1. The van der Waals surface area contributed by atoms with E-state index in [2.05, 4.69) is 40.7 Å². The summed E-state index contributed by atoms with van der Waals surface area (Å²) >= 11 is 1.47. The van der Waals surface area contributed by atoms with Gasteiger partial charge in [0.25, 0.3) is 0 Å². The molecule has 0 aliphatic carbocycles. The summed E-state index contributed by atoms with van der Waals surface area (Å²) in [5.41, 5.74) is 2.25. The van der Waals surface area contributed by atoms with Crippen molar-refractivity contribution in [1.29, 1.82) is 0 Å². The minimum absolute atomic E-state index is 0.160. The Kier molecular flexibility index (Phi) is 6.32. The topological polar surface area (TPSA) is 60.2 Å². The zero-order valence-corrected chi connectivity index (χ0v) is 16.5. The zero-order valence-electron chi connectivity index (χ0n) is 15.6. The van der Waals surface area contributed by atoms with E-state index in [4.69, 9.17) is 4.74 Å². The van der Waals surface area contributed by atoms with Gasteiger partial charge in [-0.1, -0.05) is 35.5 Å². The van der Waals surface area contributed by atoms with E-state index in [0.717, 1.165) is 49.0 Å². The molecule has 0 spiro atoms. The minimum atomic E-state index is 0.160. The first-order chi connectivity index (χ1) is 12.6. The number of hydrogen-bond acceptors (Lipinski definition) is 5. The Bertz CT molecular complexity index is 754. The molecule has 2 heterocycles. The first-order valence-electron chi connectivity index (χ1n) is 9.06. The number of nitrogens with zero attached hydrogens (tertiary/aromatic N) is 4. The number of ether oxygens (including phenoxy) is 1. The van der Waals surface area contributed by atoms with Crippen LogP contribution in [0.5, 0.6) is 0 Å². The van der Waals surface area contributed by atoms with Gasteiger partial charge in [-0.2, -0.15) is 0 Å². The maximum Gasteiger partial charge on any atom is 0.233 e. The highest BCUT2D eigenvalue weighted by atomic mass is 32.2. The second-order valence-corrected chi connectivity index (χ2v) is 7.47. The maximum atomic E-state index is 12.5. The number of carbonyl (C=O) groups is 1. The number of likely N-dealkylation sites (tertiary alicyclic amines) is 1. The van der Waals surface area contributed by atoms with Crippen LogP contribution in [0.4, 0.5) is 0 Å². The van der Waals surface area contributed by atoms with Crippen LogP contribution in [0.15, 0.2) is 29.4 Å². The molecule has 1 aromatic carbocycles. The third-order valence-electron chi connectivity index (χ3n) is 4.76. The van der Waals surface area contributed by atoms with Crippen LogP contribution in [-0.4, -0.2) is 57.6 Å². The second kappa shape index (κ2) is 8.68. The van der Waals surface area contributed by atoms with Gasteiger partial charge in [0.05, 0.1) is 11.9 Å². The van der Waals surface area contributed by atoms with Gasteiger partial charge in [-0.3, -0.25) is 4.79 Å². The van der Waals surface area contributed by atoms with Crippen molar-refractivity contribution in [2.45, 2.75) is 44.5 Å². The number of thioether (sulfide) groups is 1. The fraction of sp³-hybridized carbons (Fsp3) is 0.526. The Morgan fingerprint density at radius 2 is 2.08 bits per heavy atom. The van der Waals surface area contributed by atoms with Crippen molar-refractivity contribution in [3.8, 4) is 11.4 Å². The molecule has 0 atom stereocenters. The Morgan fingerprint density at radius 1 is 1.31 bits per heavy atom. The Labute approximate surface area is 158 Å². The summed E-state index contributed by atoms with van der Waals surface area (Å²) in [5, 5.41) is 9.48. The van der Waals surface area contributed by atoms with Crippen molar-refractivity contribution >= 4 is 17.7 Å². The van der Waals surface area contributed by atoms with E-state index in [1.54, 1.807) is 7.11 Å². The lowest BCUT2D eigenvalue weighted by molar-refractivity contribution is -0.130. The lowest BCUT2D eigenvalue weighted by atomic mass is 10.1. The van der Waals surface area contributed by atoms with Crippen molar-refractivity contribution in [2.24, 2.45) is 0 Å². The number of aromatic nitrogens is 3. The van der Waals surface area contributed by atoms with E-state index >= 15 is 0 Å². The first-order valence-corrected chi connectivity index (χ1v) is 10.0. The summed E-state index contributed by atoms with van der Waals surface area (Å²) in [5.74, 6) is 1.41. The summed E-state index contributed by atoms with van der Waals surface area (Å²) in [6, 6.07) is 8.25. The fourth-order valence-electron chi connectivity index (χ4n) is 3.24. The normalized spacial score (nSPS) is 15.4. The molecule has 0 bridgehead atoms. The van der Waals surface area contributed by atoms with Crippen LogP contribution < -0.4 is 0 Å². The number of amides is 1. The summed E-state index contributed by atoms with van der Waals surface area (Å²) in [4.78, 5) is 14.4. The summed E-state index contributed by atoms with van der Waals surface area (Å²) in [7, 11) is 1.74. The summed E-state index contributed by atoms with van der Waals surface area (Å²) in [6.45, 7) is 6.45. The summed E-state index contributed by atoms with van der Waals surface area (Å²) in [6.07, 6.45) is 2.11. The van der Waals surface area contributed by atoms with E-state index in [9.17, 15) is 4.79 Å². The fourth-order valence-corrected chi connectivity index (χ4v) is 4.14. The van der Waals surface area contributed by atoms with Gasteiger partial charge in [0, 0.05) is 32.3 Å². The molecule has 1 fully saturated rings. The predicted molar refractivity (Wildman–Crippen MR) is 103 cm³/mol. The molecule has 3 rings (SSSR count). The van der Waals surface area contributed by atoms with Gasteiger partial charge in [0.15, 0.2) is 11.0 Å². The van der Waals surface area contributed by atoms with Crippen molar-refractivity contribution in [2.75, 3.05) is 26.0 Å². The molecule has 1 saturated heterocycles. The number of piperidine rings is 1. The third kappa shape index (κ3) is 4.27. The smallest absolute Gasteiger partial charge is 0.233 e. The van der Waals surface area contributed by atoms with Gasteiger partial charge in [-0.05, 0) is 32.8 Å². The summed E-state index contributed by atoms with van der Waals surface area (Å²) < 4.78 is 7.44. The van der Waals surface area contributed by atoms with Gasteiger partial charge in [0.1, 0.15) is 0 Å². The maximum absolute atomic E-state index is 12.5. The van der Waals surface area contributed by atoms with Crippen LogP contribution in [0, 0.1) is 6.92 Å².